The van der Waals surface area contributed by atoms with Gasteiger partial charge in [-0.3, -0.25) is 0 Å². The predicted molar refractivity (Wildman–Crippen MR) is 55.2 cm³/mol. The van der Waals surface area contributed by atoms with E-state index in [9.17, 15) is 0 Å². The van der Waals surface area contributed by atoms with Crippen molar-refractivity contribution in [1.82, 2.24) is 0 Å². The number of hydrogen-bond donors (Lipinski definition) is 1. The van der Waals surface area contributed by atoms with Gasteiger partial charge in [0.2, 0.25) is 0 Å². The van der Waals surface area contributed by atoms with Crippen LogP contribution in [-0.4, -0.2) is 0 Å². The summed E-state index contributed by atoms with van der Waals surface area (Å²) >= 11 is 3.43. The third-order valence-electron chi connectivity index (χ3n) is 2.88. The molecule has 1 aromatic heterocycles. The van der Waals surface area contributed by atoms with Gasteiger partial charge in [0.25, 0.3) is 0 Å². The average Bonchev–Trinajstić information content (AvgIpc) is 2.87. The topological polar surface area (TPSA) is 39.2 Å². The Balaban J connectivity index is 2.11. The van der Waals surface area contributed by atoms with Crippen LogP contribution in [-0.2, 0) is 0 Å². The molecule has 0 aliphatic heterocycles. The molecule has 72 valence electrons. The van der Waals surface area contributed by atoms with Crippen molar-refractivity contribution in [2.45, 2.75) is 25.8 Å². The van der Waals surface area contributed by atoms with E-state index in [2.05, 4.69) is 22.9 Å². The highest BCUT2D eigenvalue weighted by Gasteiger charge is 2.34. The highest BCUT2D eigenvalue weighted by Crippen LogP contribution is 2.42. The first-order valence-electron chi connectivity index (χ1n) is 4.68. The molecule has 1 saturated carbocycles. The zero-order valence-corrected chi connectivity index (χ0v) is 9.25. The third-order valence-corrected chi connectivity index (χ3v) is 3.53. The molecule has 1 aliphatic carbocycles. The lowest BCUT2D eigenvalue weighted by atomic mass is 9.96. The fourth-order valence-electron chi connectivity index (χ4n) is 1.70. The number of rotatable bonds is 3. The van der Waals surface area contributed by atoms with Gasteiger partial charge in [0.15, 0.2) is 0 Å². The zero-order valence-electron chi connectivity index (χ0n) is 7.66. The summed E-state index contributed by atoms with van der Waals surface area (Å²) in [6.45, 7) is 2.21. The summed E-state index contributed by atoms with van der Waals surface area (Å²) in [6.07, 6.45) is 4.33. The maximum Gasteiger partial charge on any atom is 0.134 e. The molecule has 1 heterocycles. The SMILES string of the molecule is CC(C1CC1)C(N)c1occc1Br. The normalized spacial score (nSPS) is 21.5. The molecule has 2 nitrogen and oxygen atoms in total. The van der Waals surface area contributed by atoms with Crippen molar-refractivity contribution in [3.63, 3.8) is 0 Å². The second kappa shape index (κ2) is 3.46. The summed E-state index contributed by atoms with van der Waals surface area (Å²) in [5.41, 5.74) is 6.10. The number of furan rings is 1. The molecule has 0 radical (unpaired) electrons. The van der Waals surface area contributed by atoms with Gasteiger partial charge in [0.1, 0.15) is 5.76 Å². The summed E-state index contributed by atoms with van der Waals surface area (Å²) in [7, 11) is 0. The zero-order chi connectivity index (χ0) is 9.42. The van der Waals surface area contributed by atoms with E-state index in [1.165, 1.54) is 12.8 Å². The Morgan fingerprint density at radius 1 is 1.62 bits per heavy atom. The summed E-state index contributed by atoms with van der Waals surface area (Å²) < 4.78 is 6.35. The first-order chi connectivity index (χ1) is 6.20. The van der Waals surface area contributed by atoms with Crippen LogP contribution in [0.2, 0.25) is 0 Å². The van der Waals surface area contributed by atoms with Crippen LogP contribution in [0.5, 0.6) is 0 Å². The van der Waals surface area contributed by atoms with Crippen molar-refractivity contribution in [3.05, 3.63) is 22.6 Å². The molecule has 1 fully saturated rings. The van der Waals surface area contributed by atoms with Crippen LogP contribution in [0, 0.1) is 11.8 Å². The van der Waals surface area contributed by atoms with Gasteiger partial charge in [0, 0.05) is 0 Å². The van der Waals surface area contributed by atoms with Gasteiger partial charge in [-0.1, -0.05) is 6.92 Å². The molecule has 2 N–H and O–H groups in total. The van der Waals surface area contributed by atoms with E-state index < -0.39 is 0 Å². The Morgan fingerprint density at radius 3 is 2.77 bits per heavy atom. The Labute approximate surface area is 86.6 Å². The first-order valence-corrected chi connectivity index (χ1v) is 5.48. The molecular weight excluding hydrogens is 230 g/mol. The summed E-state index contributed by atoms with van der Waals surface area (Å²) in [4.78, 5) is 0. The molecule has 1 aliphatic rings. The van der Waals surface area contributed by atoms with Gasteiger partial charge in [-0.15, -0.1) is 0 Å². The Bertz CT molecular complexity index is 293. The van der Waals surface area contributed by atoms with Gasteiger partial charge in [-0.2, -0.15) is 0 Å². The average molecular weight is 244 g/mol. The second-order valence-corrected chi connectivity index (χ2v) is 4.71. The molecular formula is C10H14BrNO. The van der Waals surface area contributed by atoms with E-state index in [1.807, 2.05) is 6.07 Å². The molecule has 0 spiro atoms. The van der Waals surface area contributed by atoms with Crippen molar-refractivity contribution in [3.8, 4) is 0 Å². The third kappa shape index (κ3) is 1.81. The van der Waals surface area contributed by atoms with Crippen LogP contribution < -0.4 is 5.73 Å². The lowest BCUT2D eigenvalue weighted by Gasteiger charge is -2.17. The van der Waals surface area contributed by atoms with Gasteiger partial charge in [-0.05, 0) is 46.7 Å². The number of halogens is 1. The molecule has 13 heavy (non-hydrogen) atoms. The highest BCUT2D eigenvalue weighted by atomic mass is 79.9. The number of nitrogens with two attached hydrogens (primary N) is 1. The lowest BCUT2D eigenvalue weighted by molar-refractivity contribution is 0.352. The van der Waals surface area contributed by atoms with E-state index in [0.717, 1.165) is 16.2 Å². The molecule has 2 rings (SSSR count). The molecule has 3 heteroatoms. The minimum atomic E-state index is 0.0388. The van der Waals surface area contributed by atoms with Crippen LogP contribution in [0.4, 0.5) is 0 Å². The minimum Gasteiger partial charge on any atom is -0.466 e. The van der Waals surface area contributed by atoms with Crippen LogP contribution in [0.3, 0.4) is 0 Å². The highest BCUT2D eigenvalue weighted by molar-refractivity contribution is 9.10. The fraction of sp³-hybridized carbons (Fsp3) is 0.600. The summed E-state index contributed by atoms with van der Waals surface area (Å²) in [5, 5.41) is 0. The van der Waals surface area contributed by atoms with E-state index in [1.54, 1.807) is 6.26 Å². The monoisotopic (exact) mass is 243 g/mol. The van der Waals surface area contributed by atoms with Crippen LogP contribution >= 0.6 is 15.9 Å². The summed E-state index contributed by atoms with van der Waals surface area (Å²) in [6, 6.07) is 1.94. The maximum absolute atomic E-state index is 6.10. The lowest BCUT2D eigenvalue weighted by Crippen LogP contribution is -2.20. The molecule has 0 amide bonds. The maximum atomic E-state index is 6.10. The van der Waals surface area contributed by atoms with E-state index in [0.29, 0.717) is 5.92 Å². The Kier molecular flexibility index (Phi) is 2.47. The van der Waals surface area contributed by atoms with Gasteiger partial charge in [-0.25, -0.2) is 0 Å². The molecule has 2 atom stereocenters. The van der Waals surface area contributed by atoms with Crippen molar-refractivity contribution in [1.29, 1.82) is 0 Å². The quantitative estimate of drug-likeness (QED) is 0.887. The molecule has 0 bridgehead atoms. The number of hydrogen-bond acceptors (Lipinski definition) is 2. The van der Waals surface area contributed by atoms with Crippen molar-refractivity contribution < 1.29 is 4.42 Å². The van der Waals surface area contributed by atoms with Crippen LogP contribution in [0.1, 0.15) is 31.6 Å². The Hall–Kier alpha value is -0.280. The van der Waals surface area contributed by atoms with E-state index in [-0.39, 0.29) is 6.04 Å². The van der Waals surface area contributed by atoms with Gasteiger partial charge >= 0.3 is 0 Å². The Morgan fingerprint density at radius 2 is 2.31 bits per heavy atom. The molecule has 2 unspecified atom stereocenters. The van der Waals surface area contributed by atoms with Gasteiger partial charge < -0.3 is 10.2 Å². The van der Waals surface area contributed by atoms with E-state index in [4.69, 9.17) is 10.2 Å². The largest absolute Gasteiger partial charge is 0.466 e. The van der Waals surface area contributed by atoms with Gasteiger partial charge in [0.05, 0.1) is 16.8 Å². The van der Waals surface area contributed by atoms with Crippen LogP contribution in [0.15, 0.2) is 21.2 Å². The standard InChI is InChI=1S/C10H14BrNO/c1-6(7-2-3-7)9(12)10-8(11)4-5-13-10/h4-7,9H,2-3,12H2,1H3. The molecule has 0 aromatic carbocycles. The molecule has 0 saturated heterocycles. The van der Waals surface area contributed by atoms with Crippen molar-refractivity contribution in [2.24, 2.45) is 17.6 Å². The fourth-order valence-corrected chi connectivity index (χ4v) is 2.16. The van der Waals surface area contributed by atoms with E-state index >= 15 is 0 Å². The molecule has 1 aromatic rings. The van der Waals surface area contributed by atoms with Crippen molar-refractivity contribution >= 4 is 15.9 Å². The smallest absolute Gasteiger partial charge is 0.134 e. The predicted octanol–water partition coefficient (Wildman–Crippen LogP) is 3.09. The second-order valence-electron chi connectivity index (χ2n) is 3.86. The van der Waals surface area contributed by atoms with Crippen molar-refractivity contribution in [2.75, 3.05) is 0 Å². The first kappa shape index (κ1) is 9.28. The summed E-state index contributed by atoms with van der Waals surface area (Å²) in [5.74, 6) is 2.23. The minimum absolute atomic E-state index is 0.0388. The van der Waals surface area contributed by atoms with Crippen LogP contribution in [0.25, 0.3) is 0 Å².